The van der Waals surface area contributed by atoms with E-state index in [1.165, 1.54) is 5.56 Å². The van der Waals surface area contributed by atoms with Crippen molar-refractivity contribution in [2.75, 3.05) is 0 Å². The monoisotopic (exact) mass is 382 g/mol. The summed E-state index contributed by atoms with van der Waals surface area (Å²) in [4.78, 5) is 12.8. The van der Waals surface area contributed by atoms with E-state index in [-0.39, 0.29) is 11.9 Å². The molecule has 0 fully saturated rings. The van der Waals surface area contributed by atoms with Crippen LogP contribution in [0.1, 0.15) is 49.0 Å². The molecule has 0 radical (unpaired) electrons. The lowest BCUT2D eigenvalue weighted by Gasteiger charge is -2.28. The number of aryl methyl sites for hydroxylation is 1. The predicted octanol–water partition coefficient (Wildman–Crippen LogP) is 6.04. The molecular weight excluding hydrogens is 352 g/mol. The van der Waals surface area contributed by atoms with Crippen molar-refractivity contribution in [3.8, 4) is 0 Å². The van der Waals surface area contributed by atoms with Gasteiger partial charge in [-0.2, -0.15) is 0 Å². The Hall–Kier alpha value is -0.653. The van der Waals surface area contributed by atoms with Gasteiger partial charge in [-0.05, 0) is 38.9 Å². The quantitative estimate of drug-likeness (QED) is 0.311. The van der Waals surface area contributed by atoms with E-state index in [9.17, 15) is 4.79 Å². The molecule has 2 nitrogen and oxygen atoms in total. The molecule has 0 aliphatic rings. The minimum absolute atomic E-state index is 0.154. The normalized spacial score (nSPS) is 14.1. The van der Waals surface area contributed by atoms with Crippen LogP contribution in [0.2, 0.25) is 19.6 Å². The maximum atomic E-state index is 12.4. The van der Waals surface area contributed by atoms with Gasteiger partial charge >= 0.3 is 0 Å². The van der Waals surface area contributed by atoms with Crippen LogP contribution in [-0.2, 0) is 4.74 Å². The lowest BCUT2D eigenvalue weighted by atomic mass is 10.1. The molecule has 0 saturated heterocycles. The molecule has 2 unspecified atom stereocenters. The van der Waals surface area contributed by atoms with Gasteiger partial charge in [0.15, 0.2) is 5.78 Å². The van der Waals surface area contributed by atoms with Gasteiger partial charge in [0.2, 0.25) is 4.38 Å². The van der Waals surface area contributed by atoms with Gasteiger partial charge in [0, 0.05) is 16.9 Å². The lowest BCUT2D eigenvalue weighted by molar-refractivity contribution is 0.0981. The van der Waals surface area contributed by atoms with E-state index in [1.54, 1.807) is 11.8 Å². The first-order valence-corrected chi connectivity index (χ1v) is 13.5. The van der Waals surface area contributed by atoms with Crippen molar-refractivity contribution in [2.45, 2.75) is 70.7 Å². The summed E-state index contributed by atoms with van der Waals surface area (Å²) in [7, 11) is -1.44. The zero-order chi connectivity index (χ0) is 18.3. The van der Waals surface area contributed by atoms with Crippen LogP contribution in [0.4, 0.5) is 0 Å². The molecule has 0 amide bonds. The van der Waals surface area contributed by atoms with Crippen molar-refractivity contribution >= 4 is 42.2 Å². The molecule has 0 aliphatic carbocycles. The van der Waals surface area contributed by atoms with Gasteiger partial charge in [-0.15, -0.1) is 0 Å². The summed E-state index contributed by atoms with van der Waals surface area (Å²) < 4.78 is 6.39. The highest BCUT2D eigenvalue weighted by molar-refractivity contribution is 8.23. The number of ether oxygens (including phenoxy) is 1. The molecule has 0 saturated carbocycles. The van der Waals surface area contributed by atoms with Crippen molar-refractivity contribution in [1.82, 2.24) is 0 Å². The molecule has 1 aromatic carbocycles. The van der Waals surface area contributed by atoms with Crippen molar-refractivity contribution in [1.29, 1.82) is 0 Å². The van der Waals surface area contributed by atoms with E-state index in [0.717, 1.165) is 18.4 Å². The standard InChI is InChI=1S/C19H30O2S2Si/c1-7-15(3)21-19(22)23-18(24(4,5)6)13-12-17(20)16-10-8-14(2)9-11-16/h8-11,15,18H,7,12-13H2,1-6H3. The first-order chi connectivity index (χ1) is 11.1. The van der Waals surface area contributed by atoms with Crippen LogP contribution in [-0.4, -0.2) is 29.2 Å². The fraction of sp³-hybridized carbons (Fsp3) is 0.579. The fourth-order valence-corrected chi connectivity index (χ4v) is 6.41. The Morgan fingerprint density at radius 2 is 1.83 bits per heavy atom. The Morgan fingerprint density at radius 1 is 1.25 bits per heavy atom. The lowest BCUT2D eigenvalue weighted by Crippen LogP contribution is -2.37. The molecule has 0 N–H and O–H groups in total. The van der Waals surface area contributed by atoms with E-state index in [0.29, 0.717) is 15.7 Å². The second kappa shape index (κ2) is 9.73. The average Bonchev–Trinajstić information content (AvgIpc) is 2.50. The molecule has 24 heavy (non-hydrogen) atoms. The van der Waals surface area contributed by atoms with Crippen LogP contribution in [0.15, 0.2) is 24.3 Å². The molecule has 134 valence electrons. The third-order valence-electron chi connectivity index (χ3n) is 4.08. The highest BCUT2D eigenvalue weighted by atomic mass is 32.2. The third kappa shape index (κ3) is 7.49. The summed E-state index contributed by atoms with van der Waals surface area (Å²) in [6.07, 6.45) is 2.53. The van der Waals surface area contributed by atoms with Crippen LogP contribution < -0.4 is 0 Å². The second-order valence-electron chi connectivity index (χ2n) is 7.39. The van der Waals surface area contributed by atoms with Gasteiger partial charge in [0.25, 0.3) is 0 Å². The summed E-state index contributed by atoms with van der Waals surface area (Å²) in [5.74, 6) is 0.215. The zero-order valence-corrected chi connectivity index (χ0v) is 18.4. The van der Waals surface area contributed by atoms with Crippen molar-refractivity contribution in [2.24, 2.45) is 0 Å². The number of Topliss-reactive ketones (excluding diaryl/α,β-unsaturated/α-hetero) is 1. The van der Waals surface area contributed by atoms with Gasteiger partial charge in [-0.1, -0.05) is 68.2 Å². The Bertz CT molecular complexity index is 549. The van der Waals surface area contributed by atoms with E-state index in [1.807, 2.05) is 38.1 Å². The number of carbonyl (C=O) groups is 1. The number of hydrogen-bond donors (Lipinski definition) is 0. The second-order valence-corrected chi connectivity index (χ2v) is 15.0. The van der Waals surface area contributed by atoms with Crippen LogP contribution in [0.5, 0.6) is 0 Å². The minimum atomic E-state index is -1.44. The zero-order valence-electron chi connectivity index (χ0n) is 15.7. The van der Waals surface area contributed by atoms with Crippen molar-refractivity contribution in [3.05, 3.63) is 35.4 Å². The Balaban J connectivity index is 2.65. The highest BCUT2D eigenvalue weighted by Gasteiger charge is 2.29. The number of benzene rings is 1. The van der Waals surface area contributed by atoms with Crippen LogP contribution in [0.25, 0.3) is 0 Å². The Kier molecular flexibility index (Phi) is 8.67. The van der Waals surface area contributed by atoms with Gasteiger partial charge < -0.3 is 4.74 Å². The SMILES string of the molecule is CCC(C)OC(=S)SC(CCC(=O)c1ccc(C)cc1)[Si](C)(C)C. The van der Waals surface area contributed by atoms with Gasteiger partial charge in [-0.25, -0.2) is 0 Å². The molecule has 1 rings (SSSR count). The molecular formula is C19H30O2S2Si. The number of carbonyl (C=O) groups excluding carboxylic acids is 1. The number of thioether (sulfide) groups is 1. The topological polar surface area (TPSA) is 26.3 Å². The largest absolute Gasteiger partial charge is 0.476 e. The first-order valence-electron chi connectivity index (χ1n) is 8.60. The fourth-order valence-electron chi connectivity index (χ4n) is 2.21. The summed E-state index contributed by atoms with van der Waals surface area (Å²) in [5.41, 5.74) is 1.98. The number of thiocarbonyl (C=S) groups is 1. The van der Waals surface area contributed by atoms with Crippen LogP contribution in [0, 0.1) is 6.92 Å². The summed E-state index contributed by atoms with van der Waals surface area (Å²) >= 11 is 7.06. The average molecular weight is 383 g/mol. The minimum Gasteiger partial charge on any atom is -0.476 e. The molecule has 0 aromatic heterocycles. The van der Waals surface area contributed by atoms with Gasteiger partial charge in [0.05, 0.1) is 14.2 Å². The van der Waals surface area contributed by atoms with Gasteiger partial charge in [0.1, 0.15) is 0 Å². The van der Waals surface area contributed by atoms with Crippen LogP contribution >= 0.6 is 24.0 Å². The molecule has 0 spiro atoms. The van der Waals surface area contributed by atoms with E-state index < -0.39 is 8.07 Å². The predicted molar refractivity (Wildman–Crippen MR) is 113 cm³/mol. The molecule has 2 atom stereocenters. The number of hydrogen-bond acceptors (Lipinski definition) is 4. The van der Waals surface area contributed by atoms with E-state index in [4.69, 9.17) is 17.0 Å². The summed E-state index contributed by atoms with van der Waals surface area (Å²) in [6.45, 7) is 13.1. The van der Waals surface area contributed by atoms with Gasteiger partial charge in [-0.3, -0.25) is 4.79 Å². The van der Waals surface area contributed by atoms with E-state index >= 15 is 0 Å². The summed E-state index contributed by atoms with van der Waals surface area (Å²) in [6, 6.07) is 7.83. The molecule has 0 aliphatic heterocycles. The molecule has 5 heteroatoms. The smallest absolute Gasteiger partial charge is 0.220 e. The summed E-state index contributed by atoms with van der Waals surface area (Å²) in [5, 5.41) is 0. The Morgan fingerprint density at radius 3 is 2.33 bits per heavy atom. The Labute approximate surface area is 157 Å². The van der Waals surface area contributed by atoms with Crippen molar-refractivity contribution < 1.29 is 9.53 Å². The first kappa shape index (κ1) is 21.4. The number of ketones is 1. The van der Waals surface area contributed by atoms with E-state index in [2.05, 4.69) is 26.6 Å². The third-order valence-corrected chi connectivity index (χ3v) is 9.97. The molecule has 0 bridgehead atoms. The molecule has 0 heterocycles. The maximum absolute atomic E-state index is 12.4. The maximum Gasteiger partial charge on any atom is 0.220 e. The molecule has 1 aromatic rings. The van der Waals surface area contributed by atoms with Crippen LogP contribution in [0.3, 0.4) is 0 Å². The van der Waals surface area contributed by atoms with Crippen molar-refractivity contribution in [3.63, 3.8) is 0 Å². The number of rotatable bonds is 8. The highest BCUT2D eigenvalue weighted by Crippen LogP contribution is 2.29.